The van der Waals surface area contributed by atoms with Crippen LogP contribution in [0.1, 0.15) is 40.5 Å². The van der Waals surface area contributed by atoms with Crippen LogP contribution in [0, 0.1) is 11.8 Å². The summed E-state index contributed by atoms with van der Waals surface area (Å²) in [7, 11) is 0. The summed E-state index contributed by atoms with van der Waals surface area (Å²) in [6.45, 7) is 6.94. The Hall–Kier alpha value is -2.16. The Morgan fingerprint density at radius 3 is 1.88 bits per heavy atom. The first-order valence-corrected chi connectivity index (χ1v) is 7.76. The highest BCUT2D eigenvalue weighted by Gasteiger charge is 2.30. The van der Waals surface area contributed by atoms with Gasteiger partial charge in [-0.1, -0.05) is 27.7 Å². The largest absolute Gasteiger partial charge is 0.481 e. The Balaban J connectivity index is 5.05. The zero-order chi connectivity index (χ0) is 19.0. The van der Waals surface area contributed by atoms with E-state index in [0.29, 0.717) is 6.42 Å². The van der Waals surface area contributed by atoms with Crippen molar-refractivity contribution in [2.24, 2.45) is 17.6 Å². The molecule has 3 atom stereocenters. The third-order valence-corrected chi connectivity index (χ3v) is 3.30. The summed E-state index contributed by atoms with van der Waals surface area (Å²) in [6, 6.07) is -3.46. The molecule has 2 amide bonds. The number of rotatable bonds is 10. The van der Waals surface area contributed by atoms with E-state index in [-0.39, 0.29) is 5.92 Å². The highest BCUT2D eigenvalue weighted by molar-refractivity contribution is 5.93. The number of nitrogens with one attached hydrogen (secondary N) is 2. The van der Waals surface area contributed by atoms with Crippen LogP contribution < -0.4 is 16.4 Å². The van der Waals surface area contributed by atoms with Crippen molar-refractivity contribution in [3.8, 4) is 0 Å². The SMILES string of the molecule is CC(C)C[C@H](N)C(=O)N[C@@H](CC(=O)O)C(=O)N[C@H](C(=O)O)C(C)C. The van der Waals surface area contributed by atoms with Crippen LogP contribution in [0.4, 0.5) is 0 Å². The van der Waals surface area contributed by atoms with Gasteiger partial charge in [0.15, 0.2) is 0 Å². The third kappa shape index (κ3) is 7.91. The first kappa shape index (κ1) is 21.8. The van der Waals surface area contributed by atoms with Gasteiger partial charge in [-0.3, -0.25) is 14.4 Å². The molecule has 0 aromatic heterocycles. The molecular weight excluding hydrogens is 318 g/mol. The molecule has 0 heterocycles. The second kappa shape index (κ2) is 9.86. The van der Waals surface area contributed by atoms with Gasteiger partial charge >= 0.3 is 11.9 Å². The van der Waals surface area contributed by atoms with Crippen molar-refractivity contribution in [2.45, 2.75) is 58.7 Å². The molecular formula is C15H27N3O6. The van der Waals surface area contributed by atoms with Crippen molar-refractivity contribution in [1.29, 1.82) is 0 Å². The van der Waals surface area contributed by atoms with Crippen molar-refractivity contribution >= 4 is 23.8 Å². The monoisotopic (exact) mass is 345 g/mol. The van der Waals surface area contributed by atoms with Crippen molar-refractivity contribution in [3.63, 3.8) is 0 Å². The zero-order valence-corrected chi connectivity index (χ0v) is 14.4. The van der Waals surface area contributed by atoms with E-state index in [1.54, 1.807) is 13.8 Å². The fraction of sp³-hybridized carbons (Fsp3) is 0.733. The fourth-order valence-electron chi connectivity index (χ4n) is 2.04. The fourth-order valence-corrected chi connectivity index (χ4v) is 2.04. The van der Waals surface area contributed by atoms with Gasteiger partial charge < -0.3 is 26.6 Å². The van der Waals surface area contributed by atoms with Crippen LogP contribution in [0.2, 0.25) is 0 Å². The Morgan fingerprint density at radius 2 is 1.50 bits per heavy atom. The number of aliphatic carboxylic acids is 2. The standard InChI is InChI=1S/C15H27N3O6/c1-7(2)5-9(16)13(21)17-10(6-11(19)20)14(22)18-12(8(3)4)15(23)24/h7-10,12H,5-6,16H2,1-4H3,(H,17,21)(H,18,22)(H,19,20)(H,23,24)/t9-,10-,12-/m0/s1. The lowest BCUT2D eigenvalue weighted by Gasteiger charge is -2.23. The summed E-state index contributed by atoms with van der Waals surface area (Å²) >= 11 is 0. The Kier molecular flexibility index (Phi) is 8.97. The molecule has 0 aromatic carbocycles. The van der Waals surface area contributed by atoms with E-state index in [4.69, 9.17) is 15.9 Å². The van der Waals surface area contributed by atoms with Crippen LogP contribution in [-0.4, -0.2) is 52.1 Å². The van der Waals surface area contributed by atoms with Gasteiger partial charge in [0.05, 0.1) is 12.5 Å². The Morgan fingerprint density at radius 1 is 0.958 bits per heavy atom. The predicted molar refractivity (Wildman–Crippen MR) is 86.0 cm³/mol. The van der Waals surface area contributed by atoms with Gasteiger partial charge in [0.1, 0.15) is 12.1 Å². The predicted octanol–water partition coefficient (Wildman–Crippen LogP) is -0.455. The molecule has 0 aliphatic heterocycles. The molecule has 0 unspecified atom stereocenters. The van der Waals surface area contributed by atoms with E-state index >= 15 is 0 Å². The summed E-state index contributed by atoms with van der Waals surface area (Å²) in [4.78, 5) is 46.2. The minimum absolute atomic E-state index is 0.148. The van der Waals surface area contributed by atoms with E-state index in [9.17, 15) is 19.2 Å². The van der Waals surface area contributed by atoms with E-state index in [1.807, 2.05) is 13.8 Å². The first-order valence-electron chi connectivity index (χ1n) is 7.76. The normalized spacial score (nSPS) is 14.8. The van der Waals surface area contributed by atoms with Crippen molar-refractivity contribution in [1.82, 2.24) is 10.6 Å². The number of hydrogen-bond acceptors (Lipinski definition) is 5. The number of nitrogens with two attached hydrogens (primary N) is 1. The van der Waals surface area contributed by atoms with Crippen molar-refractivity contribution in [3.05, 3.63) is 0 Å². The molecule has 0 bridgehead atoms. The number of carbonyl (C=O) groups is 4. The lowest BCUT2D eigenvalue weighted by Crippen LogP contribution is -2.56. The second-order valence-corrected chi connectivity index (χ2v) is 6.46. The van der Waals surface area contributed by atoms with Gasteiger partial charge in [-0.25, -0.2) is 4.79 Å². The van der Waals surface area contributed by atoms with Gasteiger partial charge in [-0.15, -0.1) is 0 Å². The first-order chi connectivity index (χ1) is 11.0. The number of amides is 2. The summed E-state index contributed by atoms with van der Waals surface area (Å²) in [5.41, 5.74) is 5.71. The highest BCUT2D eigenvalue weighted by Crippen LogP contribution is 2.06. The maximum Gasteiger partial charge on any atom is 0.326 e. The van der Waals surface area contributed by atoms with Gasteiger partial charge in [0.25, 0.3) is 0 Å². The zero-order valence-electron chi connectivity index (χ0n) is 14.4. The lowest BCUT2D eigenvalue weighted by atomic mass is 10.0. The molecule has 0 radical (unpaired) electrons. The number of carboxylic acids is 2. The van der Waals surface area contributed by atoms with Gasteiger partial charge in [-0.05, 0) is 18.3 Å². The number of carboxylic acid groups (broad SMARTS) is 2. The van der Waals surface area contributed by atoms with Crippen LogP contribution in [0.25, 0.3) is 0 Å². The van der Waals surface area contributed by atoms with Gasteiger partial charge in [-0.2, -0.15) is 0 Å². The molecule has 0 saturated carbocycles. The molecule has 0 saturated heterocycles. The highest BCUT2D eigenvalue weighted by atomic mass is 16.4. The van der Waals surface area contributed by atoms with Crippen molar-refractivity contribution in [2.75, 3.05) is 0 Å². The Labute approximate surface area is 141 Å². The number of hydrogen-bond donors (Lipinski definition) is 5. The molecule has 0 aliphatic carbocycles. The van der Waals surface area contributed by atoms with Gasteiger partial charge in [0, 0.05) is 0 Å². The number of carbonyl (C=O) groups excluding carboxylic acids is 2. The molecule has 9 heteroatoms. The lowest BCUT2D eigenvalue weighted by molar-refractivity contribution is -0.144. The maximum absolute atomic E-state index is 12.2. The summed E-state index contributed by atoms with van der Waals surface area (Å²) in [6.07, 6.45) is -0.298. The van der Waals surface area contributed by atoms with Crippen LogP contribution in [-0.2, 0) is 19.2 Å². The van der Waals surface area contributed by atoms with Crippen LogP contribution in [0.3, 0.4) is 0 Å². The van der Waals surface area contributed by atoms with Crippen molar-refractivity contribution < 1.29 is 29.4 Å². The molecule has 9 nitrogen and oxygen atoms in total. The van der Waals surface area contributed by atoms with E-state index < -0.39 is 54.2 Å². The van der Waals surface area contributed by atoms with E-state index in [0.717, 1.165) is 0 Å². The molecule has 0 spiro atoms. The minimum Gasteiger partial charge on any atom is -0.481 e. The van der Waals surface area contributed by atoms with Crippen LogP contribution in [0.15, 0.2) is 0 Å². The molecule has 6 N–H and O–H groups in total. The second-order valence-electron chi connectivity index (χ2n) is 6.46. The molecule has 0 aliphatic rings. The summed E-state index contributed by atoms with van der Waals surface area (Å²) in [5, 5.41) is 22.5. The smallest absolute Gasteiger partial charge is 0.326 e. The third-order valence-electron chi connectivity index (χ3n) is 3.30. The molecule has 24 heavy (non-hydrogen) atoms. The topological polar surface area (TPSA) is 159 Å². The minimum atomic E-state index is -1.39. The van der Waals surface area contributed by atoms with Gasteiger partial charge in [0.2, 0.25) is 11.8 Å². The average molecular weight is 345 g/mol. The summed E-state index contributed by atoms with van der Waals surface area (Å²) in [5.74, 6) is -4.32. The van der Waals surface area contributed by atoms with Crippen LogP contribution in [0.5, 0.6) is 0 Å². The molecule has 0 fully saturated rings. The quantitative estimate of drug-likeness (QED) is 0.358. The molecule has 0 rings (SSSR count). The molecule has 138 valence electrons. The van der Waals surface area contributed by atoms with E-state index in [2.05, 4.69) is 10.6 Å². The molecule has 0 aromatic rings. The average Bonchev–Trinajstić information content (AvgIpc) is 2.41. The maximum atomic E-state index is 12.2. The summed E-state index contributed by atoms with van der Waals surface area (Å²) < 4.78 is 0. The van der Waals surface area contributed by atoms with Crippen LogP contribution >= 0.6 is 0 Å². The van der Waals surface area contributed by atoms with E-state index in [1.165, 1.54) is 0 Å². The Bertz CT molecular complexity index is 478.